The molecular weight excluding hydrogens is 280 g/mol. The summed E-state index contributed by atoms with van der Waals surface area (Å²) >= 11 is 0. The summed E-state index contributed by atoms with van der Waals surface area (Å²) in [6.45, 7) is 2.78. The van der Waals surface area contributed by atoms with Crippen molar-refractivity contribution < 1.29 is 14.3 Å². The fourth-order valence-corrected chi connectivity index (χ4v) is 3.12. The van der Waals surface area contributed by atoms with Crippen LogP contribution in [0.5, 0.6) is 0 Å². The Morgan fingerprint density at radius 2 is 2.09 bits per heavy atom. The van der Waals surface area contributed by atoms with Crippen LogP contribution < -0.4 is 5.32 Å². The molecule has 3 rings (SSSR count). The van der Waals surface area contributed by atoms with E-state index >= 15 is 0 Å². The Labute approximate surface area is 129 Å². The molecule has 2 heterocycles. The summed E-state index contributed by atoms with van der Waals surface area (Å²) in [6.07, 6.45) is 2.69. The number of urea groups is 1. The molecule has 2 aliphatic heterocycles. The number of hydrogen-bond acceptors (Lipinski definition) is 3. The highest BCUT2D eigenvalue weighted by Crippen LogP contribution is 2.35. The van der Waals surface area contributed by atoms with Crippen LogP contribution in [0.25, 0.3) is 0 Å². The molecule has 1 atom stereocenters. The molecule has 0 radical (unpaired) electrons. The number of benzene rings is 1. The van der Waals surface area contributed by atoms with Gasteiger partial charge in [-0.1, -0.05) is 30.3 Å². The predicted molar refractivity (Wildman–Crippen MR) is 81.9 cm³/mol. The number of hydrogen-bond donors (Lipinski definition) is 1. The number of esters is 1. The Hall–Kier alpha value is -2.30. The first kappa shape index (κ1) is 14.6. The number of amides is 2. The van der Waals surface area contributed by atoms with E-state index in [9.17, 15) is 9.59 Å². The van der Waals surface area contributed by atoms with Gasteiger partial charge >= 0.3 is 12.0 Å². The van der Waals surface area contributed by atoms with E-state index < -0.39 is 6.04 Å². The summed E-state index contributed by atoms with van der Waals surface area (Å²) in [4.78, 5) is 26.5. The molecule has 0 aromatic heterocycles. The average Bonchev–Trinajstić information content (AvgIpc) is 2.56. The second kappa shape index (κ2) is 6.22. The number of rotatable bonds is 3. The van der Waals surface area contributed by atoms with Crippen LogP contribution in [0.3, 0.4) is 0 Å². The lowest BCUT2D eigenvalue weighted by Gasteiger charge is -2.39. The van der Waals surface area contributed by atoms with Crippen molar-refractivity contribution >= 4 is 12.0 Å². The Morgan fingerprint density at radius 1 is 1.32 bits per heavy atom. The van der Waals surface area contributed by atoms with Crippen molar-refractivity contribution in [3.05, 3.63) is 47.2 Å². The Balaban J connectivity index is 2.07. The van der Waals surface area contributed by atoms with Crippen molar-refractivity contribution in [2.24, 2.45) is 0 Å². The third-order valence-electron chi connectivity index (χ3n) is 4.11. The molecule has 116 valence electrons. The first-order valence-corrected chi connectivity index (χ1v) is 7.75. The Kier molecular flexibility index (Phi) is 4.13. The lowest BCUT2D eigenvalue weighted by molar-refractivity contribution is -0.139. The average molecular weight is 300 g/mol. The molecule has 2 amide bonds. The van der Waals surface area contributed by atoms with Gasteiger partial charge in [0, 0.05) is 12.2 Å². The first-order chi connectivity index (χ1) is 10.7. The number of carbonyl (C=O) groups excluding carboxylic acids is 2. The highest BCUT2D eigenvalue weighted by Gasteiger charge is 2.38. The summed E-state index contributed by atoms with van der Waals surface area (Å²) in [5, 5.41) is 2.95. The summed E-state index contributed by atoms with van der Waals surface area (Å²) in [5.74, 6) is -0.335. The minimum absolute atomic E-state index is 0.128. The number of carbonyl (C=O) groups is 2. The second-order valence-corrected chi connectivity index (χ2v) is 5.48. The number of nitrogens with one attached hydrogen (secondary N) is 1. The molecule has 22 heavy (non-hydrogen) atoms. The quantitative estimate of drug-likeness (QED) is 0.873. The van der Waals surface area contributed by atoms with Crippen molar-refractivity contribution in [3.63, 3.8) is 0 Å². The molecule has 0 spiro atoms. The van der Waals surface area contributed by atoms with E-state index in [1.54, 1.807) is 11.8 Å². The number of nitrogens with zero attached hydrogens (tertiary/aromatic N) is 1. The predicted octanol–water partition coefficient (Wildman–Crippen LogP) is 2.75. The van der Waals surface area contributed by atoms with E-state index in [1.165, 1.54) is 0 Å². The summed E-state index contributed by atoms with van der Waals surface area (Å²) in [5.41, 5.74) is 2.30. The van der Waals surface area contributed by atoms with Crippen LogP contribution in [0.15, 0.2) is 41.6 Å². The van der Waals surface area contributed by atoms with Crippen LogP contribution in [-0.4, -0.2) is 30.1 Å². The van der Waals surface area contributed by atoms with Crippen LogP contribution in [0.2, 0.25) is 0 Å². The number of fused-ring (bicyclic) bond motifs is 1. The van der Waals surface area contributed by atoms with Gasteiger partial charge in [0.15, 0.2) is 0 Å². The van der Waals surface area contributed by atoms with Gasteiger partial charge in [-0.25, -0.2) is 9.59 Å². The van der Waals surface area contributed by atoms with Crippen LogP contribution in [-0.2, 0) is 9.53 Å². The van der Waals surface area contributed by atoms with E-state index in [-0.39, 0.29) is 12.0 Å². The van der Waals surface area contributed by atoms with Crippen LogP contribution >= 0.6 is 0 Å². The largest absolute Gasteiger partial charge is 0.463 e. The fraction of sp³-hybridized carbons (Fsp3) is 0.412. The monoisotopic (exact) mass is 300 g/mol. The van der Waals surface area contributed by atoms with E-state index in [2.05, 4.69) is 5.32 Å². The molecule has 5 heteroatoms. The lowest BCUT2D eigenvalue weighted by Crippen LogP contribution is -2.50. The van der Waals surface area contributed by atoms with Crippen molar-refractivity contribution in [3.8, 4) is 0 Å². The van der Waals surface area contributed by atoms with Crippen LogP contribution in [0.1, 0.15) is 37.8 Å². The molecule has 0 aliphatic carbocycles. The topological polar surface area (TPSA) is 58.6 Å². The highest BCUT2D eigenvalue weighted by atomic mass is 16.5. The third kappa shape index (κ3) is 2.58. The maximum absolute atomic E-state index is 12.5. The normalized spacial score (nSPS) is 21.2. The standard InChI is InChI=1S/C17H20N2O3/c1-2-22-16(20)14-13-10-6-7-11-19(13)17(21)18-15(14)12-8-4-3-5-9-12/h3-5,8-9,15H,2,6-7,10-11H2,1H3,(H,18,21). The third-order valence-corrected chi connectivity index (χ3v) is 4.11. The van der Waals surface area contributed by atoms with Crippen LogP contribution in [0.4, 0.5) is 4.79 Å². The van der Waals surface area contributed by atoms with E-state index in [1.807, 2.05) is 30.3 Å². The van der Waals surface area contributed by atoms with Crippen molar-refractivity contribution in [1.29, 1.82) is 0 Å². The van der Waals surface area contributed by atoms with Gasteiger partial charge in [-0.15, -0.1) is 0 Å². The molecule has 1 N–H and O–H groups in total. The molecule has 0 bridgehead atoms. The van der Waals surface area contributed by atoms with Gasteiger partial charge in [0.05, 0.1) is 18.2 Å². The second-order valence-electron chi connectivity index (χ2n) is 5.48. The SMILES string of the molecule is CCOC(=O)C1=C2CCCCN2C(=O)NC1c1ccccc1. The zero-order chi connectivity index (χ0) is 15.5. The van der Waals surface area contributed by atoms with Gasteiger partial charge in [-0.05, 0) is 31.7 Å². The van der Waals surface area contributed by atoms with Crippen molar-refractivity contribution in [2.45, 2.75) is 32.2 Å². The molecule has 1 unspecified atom stereocenters. The first-order valence-electron chi connectivity index (χ1n) is 7.75. The zero-order valence-electron chi connectivity index (χ0n) is 12.7. The van der Waals surface area contributed by atoms with Gasteiger partial charge in [-0.3, -0.25) is 4.90 Å². The number of ether oxygens (including phenoxy) is 1. The molecule has 5 nitrogen and oxygen atoms in total. The maximum atomic E-state index is 12.5. The van der Waals surface area contributed by atoms with Gasteiger partial charge in [0.2, 0.25) is 0 Å². The summed E-state index contributed by atoms with van der Waals surface area (Å²) in [7, 11) is 0. The Morgan fingerprint density at radius 3 is 2.82 bits per heavy atom. The molecule has 1 aromatic rings. The summed E-state index contributed by atoms with van der Waals surface area (Å²) < 4.78 is 5.24. The zero-order valence-corrected chi connectivity index (χ0v) is 12.7. The Bertz CT molecular complexity index is 610. The molecule has 1 saturated heterocycles. The van der Waals surface area contributed by atoms with Gasteiger partial charge in [0.25, 0.3) is 0 Å². The molecule has 2 aliphatic rings. The van der Waals surface area contributed by atoms with E-state index in [4.69, 9.17) is 4.74 Å². The van der Waals surface area contributed by atoms with E-state index in [0.29, 0.717) is 18.7 Å². The fourth-order valence-electron chi connectivity index (χ4n) is 3.12. The molecule has 0 saturated carbocycles. The van der Waals surface area contributed by atoms with Crippen molar-refractivity contribution in [1.82, 2.24) is 10.2 Å². The lowest BCUT2D eigenvalue weighted by atomic mass is 9.91. The number of piperidine rings is 1. The van der Waals surface area contributed by atoms with Gasteiger partial charge < -0.3 is 10.1 Å². The molecule has 1 aromatic carbocycles. The van der Waals surface area contributed by atoms with E-state index in [0.717, 1.165) is 30.5 Å². The maximum Gasteiger partial charge on any atom is 0.338 e. The van der Waals surface area contributed by atoms with Crippen molar-refractivity contribution in [2.75, 3.05) is 13.2 Å². The molecular formula is C17H20N2O3. The minimum atomic E-state index is -0.433. The van der Waals surface area contributed by atoms with Crippen LogP contribution in [0, 0.1) is 0 Å². The molecule has 1 fully saturated rings. The summed E-state index contributed by atoms with van der Waals surface area (Å²) in [6, 6.07) is 9.00. The van der Waals surface area contributed by atoms with Gasteiger partial charge in [-0.2, -0.15) is 0 Å². The van der Waals surface area contributed by atoms with Gasteiger partial charge in [0.1, 0.15) is 0 Å². The highest BCUT2D eigenvalue weighted by molar-refractivity contribution is 5.95. The smallest absolute Gasteiger partial charge is 0.338 e. The minimum Gasteiger partial charge on any atom is -0.463 e. The number of allylic oxidation sites excluding steroid dienone is 1.